The molecule has 0 radical (unpaired) electrons. The van der Waals surface area contributed by atoms with E-state index in [1.54, 1.807) is 6.92 Å². The monoisotopic (exact) mass is 1290 g/mol. The van der Waals surface area contributed by atoms with Gasteiger partial charge in [0.1, 0.15) is 146 Å². The molecule has 37 heteroatoms. The van der Waals surface area contributed by atoms with Gasteiger partial charge in [-0.2, -0.15) is 23.5 Å². The van der Waals surface area contributed by atoms with Gasteiger partial charge < -0.3 is 170 Å². The van der Waals surface area contributed by atoms with E-state index in [-0.39, 0.29) is 36.9 Å². The number of thioether (sulfide) groups is 2. The third-order valence-electron chi connectivity index (χ3n) is 16.4. The van der Waals surface area contributed by atoms with E-state index in [2.05, 4.69) is 4.99 Å². The van der Waals surface area contributed by atoms with Crippen LogP contribution < -0.4 is 11.5 Å². The summed E-state index contributed by atoms with van der Waals surface area (Å²) >= 11 is 2.36. The molecule has 20 aliphatic heterocycles. The molecule has 35 unspecified atom stereocenters. The zero-order valence-corrected chi connectivity index (χ0v) is 48.0. The summed E-state index contributed by atoms with van der Waals surface area (Å²) in [6.07, 6.45) is -64.4. The van der Waals surface area contributed by atoms with Crippen molar-refractivity contribution in [3.63, 3.8) is 0 Å². The minimum Gasteiger partial charge on any atom is -0.396 e. The van der Waals surface area contributed by atoms with Crippen LogP contribution in [0.4, 0.5) is 0 Å². The van der Waals surface area contributed by atoms with Crippen LogP contribution in [0.15, 0.2) is 4.99 Å². The number of aliphatic imine (C=N–C) groups is 1. The molecule has 20 heterocycles. The topological polar surface area (TPSA) is 569 Å². The van der Waals surface area contributed by atoms with E-state index in [4.69, 9.17) is 73.0 Å². The Morgan fingerprint density at radius 2 is 0.640 bits per heavy atom. The van der Waals surface area contributed by atoms with E-state index in [0.29, 0.717) is 11.5 Å². The fourth-order valence-corrected chi connectivity index (χ4v) is 13.4. The molecule has 21 aliphatic rings. The molecule has 1 aliphatic carbocycles. The number of rotatable bonds is 14. The lowest BCUT2D eigenvalue weighted by Gasteiger charge is -2.50. The maximum Gasteiger partial charge on any atom is 0.187 e. The summed E-state index contributed by atoms with van der Waals surface area (Å²) in [6, 6.07) is 0. The minimum atomic E-state index is -2.18. The molecular formula is C49H85N3O32S2. The van der Waals surface area contributed by atoms with Crippen molar-refractivity contribution in [2.75, 3.05) is 69.1 Å². The summed E-state index contributed by atoms with van der Waals surface area (Å²) in [5, 5.41) is 215. The lowest BCUT2D eigenvalue weighted by Crippen LogP contribution is -2.68. The van der Waals surface area contributed by atoms with Crippen LogP contribution in [-0.2, 0) is 61.6 Å². The molecule has 0 aromatic heterocycles. The first kappa shape index (κ1) is 70.7. The highest BCUT2D eigenvalue weighted by molar-refractivity contribution is 7.99. The van der Waals surface area contributed by atoms with Crippen LogP contribution in [0.3, 0.4) is 0 Å². The summed E-state index contributed by atoms with van der Waals surface area (Å²) in [6.45, 7) is -2.83. The highest BCUT2D eigenvalue weighted by Gasteiger charge is 2.59. The van der Waals surface area contributed by atoms with Gasteiger partial charge in [0.25, 0.3) is 0 Å². The minimum absolute atomic E-state index is 0.0709. The van der Waals surface area contributed by atoms with Gasteiger partial charge in [0.2, 0.25) is 0 Å². The van der Waals surface area contributed by atoms with Crippen LogP contribution in [-0.4, -0.2) is 381 Å². The molecule has 0 aromatic rings. The van der Waals surface area contributed by atoms with E-state index in [1.807, 2.05) is 0 Å². The van der Waals surface area contributed by atoms with Crippen molar-refractivity contribution >= 4 is 29.4 Å². The molecule has 500 valence electrons. The molecule has 0 amide bonds. The SMILES string of the molecule is CC(N)=NCCSCC1OC2OC3C(CO)OC(OC4C(CO)OC(OC5C(CO)OC(OC6C(CSCCN)OC(OC7C(CO)CC(OC8C(CO)OC(OC1C(O)C2O)C(O)C8O)C(O)C7O)C(O)C6O)C(O)C5O)C(O)C4O)C(O)C3O. The van der Waals surface area contributed by atoms with Crippen molar-refractivity contribution in [1.29, 1.82) is 0 Å². The lowest BCUT2D eigenvalue weighted by atomic mass is 9.80. The fraction of sp³-hybridized carbons (Fsp3) is 0.980. The van der Waals surface area contributed by atoms with Crippen LogP contribution in [0.2, 0.25) is 0 Å². The van der Waals surface area contributed by atoms with Crippen molar-refractivity contribution in [1.82, 2.24) is 0 Å². The van der Waals surface area contributed by atoms with Crippen molar-refractivity contribution in [2.24, 2.45) is 22.4 Å². The van der Waals surface area contributed by atoms with Gasteiger partial charge >= 0.3 is 0 Å². The highest BCUT2D eigenvalue weighted by Crippen LogP contribution is 2.40. The maximum atomic E-state index is 11.8. The first-order valence-corrected chi connectivity index (χ1v) is 30.5. The van der Waals surface area contributed by atoms with Crippen molar-refractivity contribution < 1.29 is 159 Å². The molecule has 1 saturated carbocycles. The van der Waals surface area contributed by atoms with Gasteiger partial charge in [-0.25, -0.2) is 0 Å². The van der Waals surface area contributed by atoms with Gasteiger partial charge in [0.15, 0.2) is 37.7 Å². The Hall–Kier alpha value is -1.15. The normalized spacial score (nSPS) is 51.0. The molecular weight excluding hydrogens is 1210 g/mol. The Bertz CT molecular complexity index is 2090. The lowest BCUT2D eigenvalue weighted by molar-refractivity contribution is -0.395. The maximum absolute atomic E-state index is 11.8. The number of nitrogens with zero attached hydrogens (tertiary/aromatic N) is 1. The zero-order chi connectivity index (χ0) is 62.6. The van der Waals surface area contributed by atoms with E-state index in [0.717, 1.165) is 0 Å². The van der Waals surface area contributed by atoms with Crippen LogP contribution in [0.5, 0.6) is 0 Å². The van der Waals surface area contributed by atoms with Gasteiger partial charge in [0.05, 0.1) is 56.7 Å². The van der Waals surface area contributed by atoms with Gasteiger partial charge in [-0.3, -0.25) is 4.99 Å². The number of aliphatic hydroxyl groups is 19. The molecule has 20 saturated heterocycles. The Morgan fingerprint density at radius 3 is 0.942 bits per heavy atom. The predicted molar refractivity (Wildman–Crippen MR) is 283 cm³/mol. The number of hydrogen-bond acceptors (Lipinski definition) is 36. The summed E-state index contributed by atoms with van der Waals surface area (Å²) < 4.78 is 77.3. The molecule has 35 atom stereocenters. The van der Waals surface area contributed by atoms with Gasteiger partial charge in [-0.1, -0.05) is 0 Å². The zero-order valence-electron chi connectivity index (χ0n) is 46.4. The summed E-state index contributed by atoms with van der Waals surface area (Å²) in [5.74, 6) is -0.479. The van der Waals surface area contributed by atoms with E-state index in [9.17, 15) is 97.0 Å². The largest absolute Gasteiger partial charge is 0.396 e. The van der Waals surface area contributed by atoms with Gasteiger partial charge in [-0.05, 0) is 13.3 Å². The number of amidine groups is 1. The fourth-order valence-electron chi connectivity index (χ4n) is 11.6. The Balaban J connectivity index is 1.10. The van der Waals surface area contributed by atoms with Crippen LogP contribution in [0.25, 0.3) is 0 Å². The molecule has 0 aromatic carbocycles. The standard InChI is InChI=1S/C49H85N3O32S2/c1-14(51)52-3-5-86-13-22-43-30(65)36(71)49(78-22)82-41-20(11-57)75-45(33(68)27(41)62)80-39-18(9-55)74-44(32(67)26(39)61)81-40-19(10-56)76-47(34(69)28(40)63)83-42-21(12-85-4-2-50)77-48(35(70)29(42)64)79-37-15(7-53)6-16(23(58)24(37)59)72-38-17(8-54)73-46(84-43)31(66)25(38)60/h15-49,53-71H,2-13,50H2,1H3,(H2,51,52). The summed E-state index contributed by atoms with van der Waals surface area (Å²) in [5.41, 5.74) is 11.4. The van der Waals surface area contributed by atoms with Crippen LogP contribution in [0, 0.1) is 5.92 Å². The van der Waals surface area contributed by atoms with Crippen molar-refractivity contribution in [3.05, 3.63) is 0 Å². The first-order valence-electron chi connectivity index (χ1n) is 28.2. The van der Waals surface area contributed by atoms with Crippen LogP contribution >= 0.6 is 23.5 Å². The average molecular weight is 1290 g/mol. The Labute approximate surface area is 500 Å². The van der Waals surface area contributed by atoms with Crippen LogP contribution in [0.1, 0.15) is 13.3 Å². The second-order valence-electron chi connectivity index (χ2n) is 22.2. The van der Waals surface area contributed by atoms with E-state index >= 15 is 0 Å². The van der Waals surface area contributed by atoms with Gasteiger partial charge in [-0.15, -0.1) is 0 Å². The highest BCUT2D eigenvalue weighted by atomic mass is 32.2. The smallest absolute Gasteiger partial charge is 0.187 e. The first-order chi connectivity index (χ1) is 41.0. The van der Waals surface area contributed by atoms with E-state index in [1.165, 1.54) is 23.5 Å². The van der Waals surface area contributed by atoms with Gasteiger partial charge in [0, 0.05) is 48.6 Å². The average Bonchev–Trinajstić information content (AvgIpc) is 1.04. The Kier molecular flexibility index (Phi) is 26.0. The Morgan fingerprint density at radius 1 is 0.360 bits per heavy atom. The third kappa shape index (κ3) is 15.4. The van der Waals surface area contributed by atoms with Crippen molar-refractivity contribution in [3.8, 4) is 0 Å². The van der Waals surface area contributed by atoms with E-state index < -0.39 is 248 Å². The number of hydrogen-bond donors (Lipinski definition) is 21. The number of aliphatic hydroxyl groups excluding tert-OH is 19. The molecule has 21 fully saturated rings. The molecule has 14 bridgehead atoms. The quantitative estimate of drug-likeness (QED) is 0.0436. The molecule has 23 N–H and O–H groups in total. The number of ether oxygens (including phenoxy) is 13. The molecule has 35 nitrogen and oxygen atoms in total. The second kappa shape index (κ2) is 31.7. The summed E-state index contributed by atoms with van der Waals surface area (Å²) in [7, 11) is 0. The molecule has 86 heavy (non-hydrogen) atoms. The molecule has 21 rings (SSSR count). The summed E-state index contributed by atoms with van der Waals surface area (Å²) in [4.78, 5) is 4.13. The third-order valence-corrected chi connectivity index (χ3v) is 18.5. The predicted octanol–water partition coefficient (Wildman–Crippen LogP) is -12.7. The second-order valence-corrected chi connectivity index (χ2v) is 24.5. The molecule has 0 spiro atoms. The number of nitrogens with two attached hydrogens (primary N) is 2. The van der Waals surface area contributed by atoms with Crippen molar-refractivity contribution in [2.45, 2.75) is 222 Å².